The van der Waals surface area contributed by atoms with Crippen molar-refractivity contribution in [3.05, 3.63) is 11.3 Å². The van der Waals surface area contributed by atoms with Crippen molar-refractivity contribution in [2.24, 2.45) is 0 Å². The van der Waals surface area contributed by atoms with E-state index in [9.17, 15) is 5.11 Å². The van der Waals surface area contributed by atoms with E-state index in [0.29, 0.717) is 5.76 Å². The van der Waals surface area contributed by atoms with Gasteiger partial charge in [0.05, 0.1) is 5.76 Å². The fraction of sp³-hybridized carbons (Fsp3) is 0.778. The zero-order valence-corrected chi connectivity index (χ0v) is 8.40. The predicted molar refractivity (Wildman–Crippen MR) is 47.1 cm³/mol. The van der Waals surface area contributed by atoms with Gasteiger partial charge in [-0.2, -0.15) is 0 Å². The lowest BCUT2D eigenvalue weighted by Gasteiger charge is -2.34. The molecule has 0 radical (unpaired) electrons. The zero-order chi connectivity index (χ0) is 10.0. The van der Waals surface area contributed by atoms with Crippen molar-refractivity contribution in [2.75, 3.05) is 14.2 Å². The van der Waals surface area contributed by atoms with Crippen LogP contribution in [0.2, 0.25) is 0 Å². The number of rotatable bonds is 2. The second kappa shape index (κ2) is 4.09. The first-order chi connectivity index (χ1) is 6.11. The lowest BCUT2D eigenvalue weighted by atomic mass is 10.0. The van der Waals surface area contributed by atoms with Crippen molar-refractivity contribution in [3.63, 3.8) is 0 Å². The van der Waals surface area contributed by atoms with E-state index in [1.54, 1.807) is 6.92 Å². The summed E-state index contributed by atoms with van der Waals surface area (Å²) < 4.78 is 15.5. The summed E-state index contributed by atoms with van der Waals surface area (Å²) in [6.45, 7) is 3.62. The van der Waals surface area contributed by atoms with Gasteiger partial charge in [-0.3, -0.25) is 0 Å². The molecule has 0 spiro atoms. The first-order valence-corrected chi connectivity index (χ1v) is 4.19. The molecule has 0 bridgehead atoms. The summed E-state index contributed by atoms with van der Waals surface area (Å²) in [6.07, 6.45) is -1.62. The van der Waals surface area contributed by atoms with Crippen molar-refractivity contribution < 1.29 is 19.3 Å². The molecule has 4 nitrogen and oxygen atoms in total. The van der Waals surface area contributed by atoms with Crippen LogP contribution < -0.4 is 0 Å². The number of methoxy groups -OCH3 is 2. The van der Waals surface area contributed by atoms with Crippen LogP contribution in [0.4, 0.5) is 0 Å². The molecule has 4 heteroatoms. The Morgan fingerprint density at radius 3 is 2.31 bits per heavy atom. The molecular weight excluding hydrogens is 172 g/mol. The minimum Gasteiger partial charge on any atom is -0.467 e. The first kappa shape index (κ1) is 10.5. The molecule has 3 atom stereocenters. The van der Waals surface area contributed by atoms with Gasteiger partial charge in [0.2, 0.25) is 6.29 Å². The van der Waals surface area contributed by atoms with E-state index in [-0.39, 0.29) is 0 Å². The molecule has 1 aliphatic heterocycles. The normalized spacial score (nSPS) is 34.7. The highest BCUT2D eigenvalue weighted by molar-refractivity contribution is 5.15. The van der Waals surface area contributed by atoms with Gasteiger partial charge < -0.3 is 19.3 Å². The lowest BCUT2D eigenvalue weighted by Crippen LogP contribution is -2.45. The molecule has 0 aliphatic carbocycles. The molecule has 1 heterocycles. The fourth-order valence-electron chi connectivity index (χ4n) is 1.36. The molecule has 0 aromatic heterocycles. The Hall–Kier alpha value is -0.580. The zero-order valence-electron chi connectivity index (χ0n) is 8.40. The minimum absolute atomic E-state index is 0.450. The molecule has 13 heavy (non-hydrogen) atoms. The largest absolute Gasteiger partial charge is 0.467 e. The van der Waals surface area contributed by atoms with E-state index in [4.69, 9.17) is 14.2 Å². The van der Waals surface area contributed by atoms with E-state index in [2.05, 4.69) is 0 Å². The minimum atomic E-state index is -0.649. The van der Waals surface area contributed by atoms with Gasteiger partial charge in [0.15, 0.2) is 0 Å². The molecular formula is C9H16O4. The van der Waals surface area contributed by atoms with Crippen LogP contribution in [-0.4, -0.2) is 37.8 Å². The van der Waals surface area contributed by atoms with Crippen LogP contribution in [0, 0.1) is 0 Å². The highest BCUT2D eigenvalue weighted by atomic mass is 16.7. The van der Waals surface area contributed by atoms with Crippen LogP contribution in [0.15, 0.2) is 11.3 Å². The summed E-state index contributed by atoms with van der Waals surface area (Å²) in [5.41, 5.74) is 0.792. The third kappa shape index (κ3) is 1.85. The lowest BCUT2D eigenvalue weighted by molar-refractivity contribution is -0.202. The van der Waals surface area contributed by atoms with Gasteiger partial charge >= 0.3 is 0 Å². The molecule has 0 saturated heterocycles. The van der Waals surface area contributed by atoms with Crippen molar-refractivity contribution >= 4 is 0 Å². The third-order valence-electron chi connectivity index (χ3n) is 2.38. The maximum absolute atomic E-state index is 9.77. The van der Waals surface area contributed by atoms with E-state index >= 15 is 0 Å². The number of aliphatic hydroxyl groups excluding tert-OH is 1. The van der Waals surface area contributed by atoms with Crippen molar-refractivity contribution in [1.82, 2.24) is 0 Å². The van der Waals surface area contributed by atoms with E-state index in [1.807, 2.05) is 6.92 Å². The van der Waals surface area contributed by atoms with E-state index in [1.165, 1.54) is 14.2 Å². The average Bonchev–Trinajstić information content (AvgIpc) is 2.13. The smallest absolute Gasteiger partial charge is 0.228 e. The van der Waals surface area contributed by atoms with Crippen LogP contribution in [0.1, 0.15) is 13.8 Å². The highest BCUT2D eigenvalue weighted by Crippen LogP contribution is 2.26. The summed E-state index contributed by atoms with van der Waals surface area (Å²) in [4.78, 5) is 0. The SMILES string of the molecule is COC1OC(C)=C(C)C(O)C1OC. The molecule has 3 unspecified atom stereocenters. The van der Waals surface area contributed by atoms with Gasteiger partial charge in [0, 0.05) is 14.2 Å². The number of hydrogen-bond donors (Lipinski definition) is 1. The van der Waals surface area contributed by atoms with E-state index in [0.717, 1.165) is 5.57 Å². The number of allylic oxidation sites excluding steroid dienone is 1. The Morgan fingerprint density at radius 2 is 1.85 bits per heavy atom. The average molecular weight is 188 g/mol. The summed E-state index contributed by atoms with van der Waals surface area (Å²) >= 11 is 0. The second-order valence-electron chi connectivity index (χ2n) is 3.11. The molecule has 0 amide bonds. The molecule has 0 aromatic rings. The molecule has 0 fully saturated rings. The van der Waals surface area contributed by atoms with Crippen LogP contribution in [-0.2, 0) is 14.2 Å². The van der Waals surface area contributed by atoms with Crippen molar-refractivity contribution in [1.29, 1.82) is 0 Å². The topological polar surface area (TPSA) is 47.9 Å². The molecule has 0 aromatic carbocycles. The van der Waals surface area contributed by atoms with Crippen LogP contribution >= 0.6 is 0 Å². The Kier molecular flexibility index (Phi) is 3.30. The van der Waals surface area contributed by atoms with Crippen LogP contribution in [0.3, 0.4) is 0 Å². The van der Waals surface area contributed by atoms with Gasteiger partial charge in [-0.1, -0.05) is 0 Å². The molecule has 76 valence electrons. The quantitative estimate of drug-likeness (QED) is 0.691. The summed E-state index contributed by atoms with van der Waals surface area (Å²) in [6, 6.07) is 0. The summed E-state index contributed by atoms with van der Waals surface area (Å²) in [5, 5.41) is 9.77. The number of hydrogen-bond acceptors (Lipinski definition) is 4. The van der Waals surface area contributed by atoms with Crippen LogP contribution in [0.5, 0.6) is 0 Å². The molecule has 1 aliphatic rings. The van der Waals surface area contributed by atoms with Crippen LogP contribution in [0.25, 0.3) is 0 Å². The first-order valence-electron chi connectivity index (χ1n) is 4.19. The Bertz CT molecular complexity index is 212. The Labute approximate surface area is 78.1 Å². The Morgan fingerprint density at radius 1 is 1.23 bits per heavy atom. The van der Waals surface area contributed by atoms with Gasteiger partial charge in [-0.15, -0.1) is 0 Å². The number of ether oxygens (including phenoxy) is 3. The number of aliphatic hydroxyl groups is 1. The van der Waals surface area contributed by atoms with Gasteiger partial charge in [-0.25, -0.2) is 0 Å². The highest BCUT2D eigenvalue weighted by Gasteiger charge is 2.36. The second-order valence-corrected chi connectivity index (χ2v) is 3.11. The summed E-state index contributed by atoms with van der Waals surface area (Å²) in [5.74, 6) is 0.702. The molecule has 0 saturated carbocycles. The fourth-order valence-corrected chi connectivity index (χ4v) is 1.36. The standard InChI is InChI=1S/C9H16O4/c1-5-6(2)13-9(12-4)8(11-3)7(5)10/h7-10H,1-4H3. The molecule has 1 rings (SSSR count). The van der Waals surface area contributed by atoms with E-state index < -0.39 is 18.5 Å². The molecule has 1 N–H and O–H groups in total. The van der Waals surface area contributed by atoms with Gasteiger partial charge in [0.1, 0.15) is 12.2 Å². The monoisotopic (exact) mass is 188 g/mol. The van der Waals surface area contributed by atoms with Gasteiger partial charge in [0.25, 0.3) is 0 Å². The van der Waals surface area contributed by atoms with Crippen molar-refractivity contribution in [3.8, 4) is 0 Å². The maximum atomic E-state index is 9.77. The maximum Gasteiger partial charge on any atom is 0.228 e. The van der Waals surface area contributed by atoms with Gasteiger partial charge in [-0.05, 0) is 19.4 Å². The third-order valence-corrected chi connectivity index (χ3v) is 2.38. The predicted octanol–water partition coefficient (Wildman–Crippen LogP) is 0.659. The van der Waals surface area contributed by atoms with Crippen molar-refractivity contribution in [2.45, 2.75) is 32.3 Å². The Balaban J connectivity index is 2.86. The summed E-state index contributed by atoms with van der Waals surface area (Å²) in [7, 11) is 3.05.